The molecule has 5 nitrogen and oxygen atoms in total. The van der Waals surface area contributed by atoms with Gasteiger partial charge in [0.2, 0.25) is 0 Å². The predicted molar refractivity (Wildman–Crippen MR) is 79.0 cm³/mol. The zero-order valence-electron chi connectivity index (χ0n) is 11.4. The second-order valence-corrected chi connectivity index (χ2v) is 5.24. The van der Waals surface area contributed by atoms with Crippen molar-refractivity contribution in [1.29, 1.82) is 0 Å². The maximum atomic E-state index is 13.7. The summed E-state index contributed by atoms with van der Waals surface area (Å²) in [5, 5.41) is 6.49. The molecule has 0 saturated carbocycles. The molecular weight excluding hydrogens is 346 g/mol. The number of nitrogen functional groups attached to an aromatic ring is 1. The zero-order chi connectivity index (χ0) is 15.7. The molecular formula is C13H13BrF2N4O. The van der Waals surface area contributed by atoms with E-state index in [0.29, 0.717) is 18.2 Å². The highest BCUT2D eigenvalue weighted by Crippen LogP contribution is 2.28. The number of rotatable bonds is 3. The molecule has 0 radical (unpaired) electrons. The highest BCUT2D eigenvalue weighted by atomic mass is 79.9. The van der Waals surface area contributed by atoms with Gasteiger partial charge in [0.25, 0.3) is 5.91 Å². The van der Waals surface area contributed by atoms with Gasteiger partial charge >= 0.3 is 0 Å². The van der Waals surface area contributed by atoms with E-state index in [1.165, 1.54) is 4.68 Å². The van der Waals surface area contributed by atoms with Gasteiger partial charge in [0.05, 0.1) is 17.1 Å². The molecule has 0 aliphatic rings. The van der Waals surface area contributed by atoms with Crippen molar-refractivity contribution in [3.05, 3.63) is 39.6 Å². The van der Waals surface area contributed by atoms with Gasteiger partial charge in [-0.2, -0.15) is 5.10 Å². The SMILES string of the molecule is CCc1nn(C)c(C(=O)Nc2c(F)cc(F)cc2Br)c1N. The second-order valence-electron chi connectivity index (χ2n) is 4.38. The van der Waals surface area contributed by atoms with E-state index in [9.17, 15) is 13.6 Å². The summed E-state index contributed by atoms with van der Waals surface area (Å²) < 4.78 is 28.2. The minimum Gasteiger partial charge on any atom is -0.395 e. The van der Waals surface area contributed by atoms with Gasteiger partial charge in [-0.05, 0) is 28.4 Å². The molecule has 1 heterocycles. The first kappa shape index (κ1) is 15.4. The minimum atomic E-state index is -0.883. The van der Waals surface area contributed by atoms with Gasteiger partial charge < -0.3 is 11.1 Å². The maximum absolute atomic E-state index is 13.7. The van der Waals surface area contributed by atoms with Gasteiger partial charge in [-0.3, -0.25) is 9.48 Å². The van der Waals surface area contributed by atoms with Crippen LogP contribution in [0.5, 0.6) is 0 Å². The van der Waals surface area contributed by atoms with Gasteiger partial charge in [0.15, 0.2) is 5.82 Å². The lowest BCUT2D eigenvalue weighted by Crippen LogP contribution is -2.18. The van der Waals surface area contributed by atoms with Crippen molar-refractivity contribution in [2.75, 3.05) is 11.1 Å². The summed E-state index contributed by atoms with van der Waals surface area (Å²) in [5.41, 5.74) is 6.67. The predicted octanol–water partition coefficient (Wildman–Crippen LogP) is 2.86. The standard InChI is InChI=1S/C13H13BrF2N4O/c1-3-9-10(17)12(20(2)19-9)13(21)18-11-7(14)4-6(15)5-8(11)16/h4-5H,3,17H2,1-2H3,(H,18,21). The molecule has 0 spiro atoms. The van der Waals surface area contributed by atoms with Gasteiger partial charge in [0, 0.05) is 17.6 Å². The van der Waals surface area contributed by atoms with E-state index < -0.39 is 17.5 Å². The Morgan fingerprint density at radius 3 is 2.67 bits per heavy atom. The van der Waals surface area contributed by atoms with Crippen molar-refractivity contribution in [2.45, 2.75) is 13.3 Å². The third kappa shape index (κ3) is 2.90. The number of hydrogen-bond acceptors (Lipinski definition) is 3. The third-order valence-electron chi connectivity index (χ3n) is 2.96. The largest absolute Gasteiger partial charge is 0.395 e. The molecule has 112 valence electrons. The summed E-state index contributed by atoms with van der Waals surface area (Å²) in [4.78, 5) is 12.2. The van der Waals surface area contributed by atoms with Crippen molar-refractivity contribution in [2.24, 2.45) is 7.05 Å². The molecule has 0 atom stereocenters. The molecule has 3 N–H and O–H groups in total. The molecule has 2 rings (SSSR count). The summed E-state index contributed by atoms with van der Waals surface area (Å²) in [5.74, 6) is -2.24. The third-order valence-corrected chi connectivity index (χ3v) is 3.58. The number of aryl methyl sites for hydroxylation is 2. The highest BCUT2D eigenvalue weighted by Gasteiger charge is 2.21. The van der Waals surface area contributed by atoms with Gasteiger partial charge in [-0.15, -0.1) is 0 Å². The number of nitrogens with one attached hydrogen (secondary N) is 1. The van der Waals surface area contributed by atoms with Crippen molar-refractivity contribution >= 4 is 33.2 Å². The molecule has 21 heavy (non-hydrogen) atoms. The van der Waals surface area contributed by atoms with E-state index in [-0.39, 0.29) is 21.5 Å². The lowest BCUT2D eigenvalue weighted by atomic mass is 10.2. The van der Waals surface area contributed by atoms with Crippen LogP contribution >= 0.6 is 15.9 Å². The van der Waals surface area contributed by atoms with E-state index >= 15 is 0 Å². The number of carbonyl (C=O) groups excluding carboxylic acids is 1. The number of halogens is 3. The Kier molecular flexibility index (Phi) is 4.26. The van der Waals surface area contributed by atoms with Crippen molar-refractivity contribution < 1.29 is 13.6 Å². The summed E-state index contributed by atoms with van der Waals surface area (Å²) >= 11 is 3.01. The fraction of sp³-hybridized carbons (Fsp3) is 0.231. The first-order valence-corrected chi connectivity index (χ1v) is 6.91. The second kappa shape index (κ2) is 5.80. The van der Waals surface area contributed by atoms with Crippen molar-refractivity contribution in [1.82, 2.24) is 9.78 Å². The Balaban J connectivity index is 2.37. The summed E-state index contributed by atoms with van der Waals surface area (Å²) in [6.07, 6.45) is 0.571. The van der Waals surface area contributed by atoms with E-state index in [4.69, 9.17) is 5.73 Å². The van der Waals surface area contributed by atoms with Crippen LogP contribution in [-0.2, 0) is 13.5 Å². The Morgan fingerprint density at radius 1 is 1.48 bits per heavy atom. The zero-order valence-corrected chi connectivity index (χ0v) is 13.0. The number of aromatic nitrogens is 2. The lowest BCUT2D eigenvalue weighted by molar-refractivity contribution is 0.101. The smallest absolute Gasteiger partial charge is 0.276 e. The Bertz CT molecular complexity index is 691. The van der Waals surface area contributed by atoms with Crippen LogP contribution in [0.3, 0.4) is 0 Å². The fourth-order valence-electron chi connectivity index (χ4n) is 1.96. The van der Waals surface area contributed by atoms with Crippen LogP contribution in [0.15, 0.2) is 16.6 Å². The lowest BCUT2D eigenvalue weighted by Gasteiger charge is -2.09. The van der Waals surface area contributed by atoms with E-state index in [2.05, 4.69) is 26.3 Å². The maximum Gasteiger partial charge on any atom is 0.276 e. The highest BCUT2D eigenvalue weighted by molar-refractivity contribution is 9.10. The monoisotopic (exact) mass is 358 g/mol. The van der Waals surface area contributed by atoms with Crippen LogP contribution in [-0.4, -0.2) is 15.7 Å². The molecule has 8 heteroatoms. The first-order chi connectivity index (χ1) is 9.85. The average molecular weight is 359 g/mol. The molecule has 0 aliphatic heterocycles. The van der Waals surface area contributed by atoms with Crippen LogP contribution < -0.4 is 11.1 Å². The quantitative estimate of drug-likeness (QED) is 0.885. The van der Waals surface area contributed by atoms with E-state index in [1.807, 2.05) is 6.92 Å². The fourth-order valence-corrected chi connectivity index (χ4v) is 2.47. The Labute approximate surface area is 128 Å². The molecule has 2 aromatic rings. The van der Waals surface area contributed by atoms with Crippen LogP contribution in [0, 0.1) is 11.6 Å². The summed E-state index contributed by atoms with van der Waals surface area (Å²) in [6, 6.07) is 1.74. The molecule has 0 fully saturated rings. The van der Waals surface area contributed by atoms with Crippen LogP contribution in [0.4, 0.5) is 20.2 Å². The van der Waals surface area contributed by atoms with Gasteiger partial charge in [0.1, 0.15) is 11.5 Å². The summed E-state index contributed by atoms with van der Waals surface area (Å²) in [6.45, 7) is 1.86. The first-order valence-electron chi connectivity index (χ1n) is 6.12. The normalized spacial score (nSPS) is 10.7. The number of carbonyl (C=O) groups is 1. The number of hydrogen-bond donors (Lipinski definition) is 2. The number of amides is 1. The average Bonchev–Trinajstić information content (AvgIpc) is 2.68. The van der Waals surface area contributed by atoms with Crippen LogP contribution in [0.2, 0.25) is 0 Å². The van der Waals surface area contributed by atoms with Crippen LogP contribution in [0.1, 0.15) is 23.1 Å². The molecule has 1 aromatic heterocycles. The molecule has 0 aliphatic carbocycles. The number of nitrogens with two attached hydrogens (primary N) is 1. The van der Waals surface area contributed by atoms with Gasteiger partial charge in [-0.25, -0.2) is 8.78 Å². The molecule has 1 aromatic carbocycles. The molecule has 0 unspecified atom stereocenters. The van der Waals surface area contributed by atoms with Gasteiger partial charge in [-0.1, -0.05) is 6.92 Å². The topological polar surface area (TPSA) is 72.9 Å². The Hall–Kier alpha value is -1.96. The number of anilines is 2. The van der Waals surface area contributed by atoms with Crippen molar-refractivity contribution in [3.63, 3.8) is 0 Å². The number of benzene rings is 1. The molecule has 1 amide bonds. The minimum absolute atomic E-state index is 0.102. The van der Waals surface area contributed by atoms with E-state index in [1.54, 1.807) is 7.05 Å². The van der Waals surface area contributed by atoms with Crippen LogP contribution in [0.25, 0.3) is 0 Å². The number of nitrogens with zero attached hydrogens (tertiary/aromatic N) is 2. The molecule has 0 saturated heterocycles. The summed E-state index contributed by atoms with van der Waals surface area (Å²) in [7, 11) is 1.57. The van der Waals surface area contributed by atoms with Crippen molar-refractivity contribution in [3.8, 4) is 0 Å². The molecule has 0 bridgehead atoms. The van der Waals surface area contributed by atoms with E-state index in [0.717, 1.165) is 6.07 Å². The Morgan fingerprint density at radius 2 is 2.14 bits per heavy atom.